The summed E-state index contributed by atoms with van der Waals surface area (Å²) in [6.07, 6.45) is 0.318. The van der Waals surface area contributed by atoms with Crippen LogP contribution in [0, 0.1) is 11.3 Å². The van der Waals surface area contributed by atoms with Gasteiger partial charge in [0.25, 0.3) is 5.89 Å². The van der Waals surface area contributed by atoms with Gasteiger partial charge in [0, 0.05) is 35.2 Å². The molecule has 0 N–H and O–H groups in total. The Bertz CT molecular complexity index is 1010. The molecule has 0 spiro atoms. The van der Waals surface area contributed by atoms with E-state index in [1.54, 1.807) is 41.3 Å². The highest BCUT2D eigenvalue weighted by atomic mass is 35.5. The third-order valence-corrected chi connectivity index (χ3v) is 4.55. The second-order valence-corrected chi connectivity index (χ2v) is 6.47. The number of hydrogen-bond acceptors (Lipinski definition) is 5. The van der Waals surface area contributed by atoms with Crippen LogP contribution in [0.2, 0.25) is 5.02 Å². The van der Waals surface area contributed by atoms with Crippen LogP contribution < -0.4 is 4.90 Å². The van der Waals surface area contributed by atoms with Gasteiger partial charge in [0.2, 0.25) is 5.91 Å². The number of halogens is 1. The third kappa shape index (κ3) is 3.05. The summed E-state index contributed by atoms with van der Waals surface area (Å²) < 4.78 is 5.34. The zero-order valence-corrected chi connectivity index (χ0v) is 14.3. The Morgan fingerprint density at radius 1 is 1.23 bits per heavy atom. The maximum absolute atomic E-state index is 12.4. The first kappa shape index (κ1) is 16.3. The number of amides is 1. The average molecular weight is 365 g/mol. The SMILES string of the molecule is N#Cc1ccc(-c2nc(C3CC(=O)N(c4cccc(Cl)c4)C3)no2)cc1. The van der Waals surface area contributed by atoms with Crippen LogP contribution in [0.3, 0.4) is 0 Å². The molecule has 128 valence electrons. The van der Waals surface area contributed by atoms with Crippen LogP contribution in [0.25, 0.3) is 11.5 Å². The van der Waals surface area contributed by atoms with Crippen molar-refractivity contribution in [2.75, 3.05) is 11.4 Å². The molecule has 1 fully saturated rings. The topological polar surface area (TPSA) is 83.0 Å². The summed E-state index contributed by atoms with van der Waals surface area (Å²) in [6, 6.07) is 16.2. The zero-order valence-electron chi connectivity index (χ0n) is 13.6. The Balaban J connectivity index is 1.55. The van der Waals surface area contributed by atoms with Gasteiger partial charge in [-0.3, -0.25) is 4.79 Å². The highest BCUT2D eigenvalue weighted by Gasteiger charge is 2.34. The van der Waals surface area contributed by atoms with E-state index in [1.807, 2.05) is 12.1 Å². The maximum atomic E-state index is 12.4. The van der Waals surface area contributed by atoms with Crippen LogP contribution in [0.1, 0.15) is 23.7 Å². The van der Waals surface area contributed by atoms with Gasteiger partial charge in [-0.2, -0.15) is 10.2 Å². The summed E-state index contributed by atoms with van der Waals surface area (Å²) in [5.41, 5.74) is 2.06. The molecule has 0 bridgehead atoms. The molecule has 3 aromatic rings. The molecule has 1 atom stereocenters. The van der Waals surface area contributed by atoms with E-state index in [2.05, 4.69) is 16.2 Å². The van der Waals surface area contributed by atoms with E-state index in [-0.39, 0.29) is 11.8 Å². The van der Waals surface area contributed by atoms with Crippen LogP contribution in [-0.4, -0.2) is 22.6 Å². The summed E-state index contributed by atoms with van der Waals surface area (Å²) in [7, 11) is 0. The minimum atomic E-state index is -0.141. The zero-order chi connectivity index (χ0) is 18.1. The fourth-order valence-electron chi connectivity index (χ4n) is 2.98. The first-order chi connectivity index (χ1) is 12.6. The summed E-state index contributed by atoms with van der Waals surface area (Å²) in [6.45, 7) is 0.478. The Kier molecular flexibility index (Phi) is 4.15. The van der Waals surface area contributed by atoms with Gasteiger partial charge in [0.1, 0.15) is 0 Å². The van der Waals surface area contributed by atoms with Crippen molar-refractivity contribution in [3.05, 3.63) is 64.9 Å². The molecule has 0 aliphatic carbocycles. The maximum Gasteiger partial charge on any atom is 0.257 e. The van der Waals surface area contributed by atoms with E-state index in [0.717, 1.165) is 11.3 Å². The van der Waals surface area contributed by atoms with E-state index in [4.69, 9.17) is 21.4 Å². The van der Waals surface area contributed by atoms with Gasteiger partial charge in [-0.15, -0.1) is 0 Å². The van der Waals surface area contributed by atoms with Gasteiger partial charge >= 0.3 is 0 Å². The van der Waals surface area contributed by atoms with Crippen molar-refractivity contribution in [3.63, 3.8) is 0 Å². The number of anilines is 1. The van der Waals surface area contributed by atoms with Crippen LogP contribution >= 0.6 is 11.6 Å². The third-order valence-electron chi connectivity index (χ3n) is 4.31. The lowest BCUT2D eigenvalue weighted by atomic mass is 10.1. The van der Waals surface area contributed by atoms with Crippen molar-refractivity contribution < 1.29 is 9.32 Å². The van der Waals surface area contributed by atoms with Crippen molar-refractivity contribution >= 4 is 23.2 Å². The van der Waals surface area contributed by atoms with Gasteiger partial charge in [-0.25, -0.2) is 0 Å². The summed E-state index contributed by atoms with van der Waals surface area (Å²) in [5, 5.41) is 13.5. The molecular weight excluding hydrogens is 352 g/mol. The van der Waals surface area contributed by atoms with Crippen molar-refractivity contribution in [2.24, 2.45) is 0 Å². The molecule has 2 aromatic carbocycles. The fraction of sp³-hybridized carbons (Fsp3) is 0.158. The molecule has 1 amide bonds. The van der Waals surface area contributed by atoms with Gasteiger partial charge in [-0.05, 0) is 42.5 Å². The summed E-state index contributed by atoms with van der Waals surface area (Å²) in [4.78, 5) is 18.5. The van der Waals surface area contributed by atoms with E-state index in [1.165, 1.54) is 0 Å². The molecule has 1 saturated heterocycles. The van der Waals surface area contributed by atoms with Gasteiger partial charge in [0.15, 0.2) is 5.82 Å². The Morgan fingerprint density at radius 2 is 2.04 bits per heavy atom. The monoisotopic (exact) mass is 364 g/mol. The number of benzene rings is 2. The Hall–Kier alpha value is -3.17. The number of rotatable bonds is 3. The molecule has 26 heavy (non-hydrogen) atoms. The standard InChI is InChI=1S/C19H13ClN4O2/c20-15-2-1-3-16(9-15)24-11-14(8-17(24)25)18-22-19(26-23-18)13-6-4-12(10-21)5-7-13/h1-7,9,14H,8,11H2. The Labute approximate surface area is 154 Å². The summed E-state index contributed by atoms with van der Waals surface area (Å²) >= 11 is 6.02. The fourth-order valence-corrected chi connectivity index (χ4v) is 3.16. The van der Waals surface area contributed by atoms with E-state index >= 15 is 0 Å². The molecule has 1 aliphatic rings. The quantitative estimate of drug-likeness (QED) is 0.706. The van der Waals surface area contributed by atoms with Crippen LogP contribution in [0.5, 0.6) is 0 Å². The molecule has 2 heterocycles. The molecule has 7 heteroatoms. The molecule has 4 rings (SSSR count). The van der Waals surface area contributed by atoms with Gasteiger partial charge in [-0.1, -0.05) is 22.8 Å². The van der Waals surface area contributed by atoms with Crippen molar-refractivity contribution in [3.8, 4) is 17.5 Å². The largest absolute Gasteiger partial charge is 0.334 e. The number of nitrogens with zero attached hydrogens (tertiary/aromatic N) is 4. The first-order valence-electron chi connectivity index (χ1n) is 8.04. The highest BCUT2D eigenvalue weighted by Crippen LogP contribution is 2.32. The number of carbonyl (C=O) groups is 1. The predicted octanol–water partition coefficient (Wildman–Crippen LogP) is 3.78. The highest BCUT2D eigenvalue weighted by molar-refractivity contribution is 6.30. The van der Waals surface area contributed by atoms with Gasteiger partial charge in [0.05, 0.1) is 11.6 Å². The minimum absolute atomic E-state index is 0.00184. The molecule has 1 unspecified atom stereocenters. The van der Waals surface area contributed by atoms with Crippen LogP contribution in [-0.2, 0) is 4.79 Å². The number of nitriles is 1. The minimum Gasteiger partial charge on any atom is -0.334 e. The smallest absolute Gasteiger partial charge is 0.257 e. The van der Waals surface area contributed by atoms with E-state index in [9.17, 15) is 4.79 Å². The van der Waals surface area contributed by atoms with Crippen molar-refractivity contribution in [1.82, 2.24) is 10.1 Å². The van der Waals surface area contributed by atoms with Crippen molar-refractivity contribution in [1.29, 1.82) is 5.26 Å². The van der Waals surface area contributed by atoms with Crippen molar-refractivity contribution in [2.45, 2.75) is 12.3 Å². The van der Waals surface area contributed by atoms with E-state index < -0.39 is 0 Å². The lowest BCUT2D eigenvalue weighted by molar-refractivity contribution is -0.117. The lowest BCUT2D eigenvalue weighted by Crippen LogP contribution is -2.24. The molecule has 0 radical (unpaired) electrons. The summed E-state index contributed by atoms with van der Waals surface area (Å²) in [5.74, 6) is 0.736. The normalized spacial score (nSPS) is 16.7. The lowest BCUT2D eigenvalue weighted by Gasteiger charge is -2.16. The molecule has 1 aromatic heterocycles. The molecule has 1 aliphatic heterocycles. The number of hydrogen-bond donors (Lipinski definition) is 0. The second-order valence-electron chi connectivity index (χ2n) is 6.03. The first-order valence-corrected chi connectivity index (χ1v) is 8.42. The molecule has 0 saturated carbocycles. The average Bonchev–Trinajstić information content (AvgIpc) is 3.29. The number of aromatic nitrogens is 2. The molecular formula is C19H13ClN4O2. The van der Waals surface area contributed by atoms with Gasteiger partial charge < -0.3 is 9.42 Å². The Morgan fingerprint density at radius 3 is 2.77 bits per heavy atom. The second kappa shape index (κ2) is 6.62. The van der Waals surface area contributed by atoms with Crippen LogP contribution in [0.4, 0.5) is 5.69 Å². The predicted molar refractivity (Wildman–Crippen MR) is 95.6 cm³/mol. The molecule has 6 nitrogen and oxygen atoms in total. The number of carbonyl (C=O) groups excluding carboxylic acids is 1. The van der Waals surface area contributed by atoms with Crippen LogP contribution in [0.15, 0.2) is 53.1 Å². The van der Waals surface area contributed by atoms with E-state index in [0.29, 0.717) is 35.3 Å².